The average molecular weight is 564 g/mol. The Labute approximate surface area is 231 Å². The molecule has 1 aliphatic heterocycles. The molecule has 3 aromatic carbocycles. The van der Waals surface area contributed by atoms with Crippen molar-refractivity contribution in [3.8, 4) is 16.3 Å². The summed E-state index contributed by atoms with van der Waals surface area (Å²) < 4.78 is 34.9. The molecule has 1 aromatic heterocycles. The molecule has 39 heavy (non-hydrogen) atoms. The first kappa shape index (κ1) is 27.0. The first-order valence-corrected chi connectivity index (χ1v) is 14.7. The van der Waals surface area contributed by atoms with Crippen molar-refractivity contribution in [2.45, 2.75) is 50.6 Å². The number of amides is 2. The molecule has 0 spiro atoms. The molecule has 0 saturated carbocycles. The third-order valence-electron chi connectivity index (χ3n) is 6.60. The van der Waals surface area contributed by atoms with Gasteiger partial charge in [-0.3, -0.25) is 9.59 Å². The number of hydrogen-bond acceptors (Lipinski definition) is 7. The van der Waals surface area contributed by atoms with Gasteiger partial charge in [-0.2, -0.15) is 4.31 Å². The molecule has 10 heteroatoms. The van der Waals surface area contributed by atoms with Gasteiger partial charge in [0, 0.05) is 11.1 Å². The number of sulfonamides is 1. The van der Waals surface area contributed by atoms with Crippen LogP contribution in [0.4, 0.5) is 5.69 Å². The van der Waals surface area contributed by atoms with Crippen molar-refractivity contribution < 1.29 is 22.7 Å². The van der Waals surface area contributed by atoms with Gasteiger partial charge in [0.1, 0.15) is 16.8 Å². The predicted molar refractivity (Wildman–Crippen MR) is 152 cm³/mol. The van der Waals surface area contributed by atoms with E-state index in [0.717, 1.165) is 35.6 Å². The Morgan fingerprint density at radius 2 is 1.67 bits per heavy atom. The number of carbonyl (C=O) groups is 2. The van der Waals surface area contributed by atoms with E-state index in [4.69, 9.17) is 9.72 Å². The third kappa shape index (κ3) is 4.95. The fourth-order valence-electron chi connectivity index (χ4n) is 4.84. The van der Waals surface area contributed by atoms with Crippen LogP contribution in [-0.4, -0.2) is 48.2 Å². The zero-order chi connectivity index (χ0) is 28.1. The molecular formula is C29H29N3O5S2. The van der Waals surface area contributed by atoms with Crippen molar-refractivity contribution in [3.63, 3.8) is 0 Å². The molecule has 0 bridgehead atoms. The predicted octanol–water partition coefficient (Wildman–Crippen LogP) is 5.40. The topological polar surface area (TPSA) is 96.9 Å². The molecule has 5 rings (SSSR count). The summed E-state index contributed by atoms with van der Waals surface area (Å²) in [5.41, 5.74) is 2.37. The lowest BCUT2D eigenvalue weighted by Gasteiger charge is -2.37. The van der Waals surface area contributed by atoms with Crippen molar-refractivity contribution in [2.75, 3.05) is 12.0 Å². The van der Waals surface area contributed by atoms with Gasteiger partial charge in [-0.05, 0) is 93.9 Å². The van der Waals surface area contributed by atoms with E-state index in [1.165, 1.54) is 19.2 Å². The number of aromatic nitrogens is 1. The fourth-order valence-corrected chi connectivity index (χ4v) is 7.83. The van der Waals surface area contributed by atoms with E-state index >= 15 is 0 Å². The van der Waals surface area contributed by atoms with Crippen LogP contribution in [0.3, 0.4) is 0 Å². The summed E-state index contributed by atoms with van der Waals surface area (Å²) in [6.45, 7) is 7.17. The fraction of sp³-hybridized carbons (Fsp3) is 0.276. The highest BCUT2D eigenvalue weighted by Crippen LogP contribution is 2.36. The summed E-state index contributed by atoms with van der Waals surface area (Å²) in [4.78, 5) is 32.6. The number of carbonyl (C=O) groups excluding carboxylic acids is 2. The minimum atomic E-state index is -4.12. The van der Waals surface area contributed by atoms with Crippen molar-refractivity contribution in [3.05, 3.63) is 72.3 Å². The molecule has 4 aromatic rings. The number of rotatable bonds is 6. The van der Waals surface area contributed by atoms with E-state index in [0.29, 0.717) is 11.4 Å². The first-order valence-electron chi connectivity index (χ1n) is 12.4. The molecule has 1 aliphatic rings. The van der Waals surface area contributed by atoms with Crippen LogP contribution in [0.2, 0.25) is 0 Å². The van der Waals surface area contributed by atoms with E-state index < -0.39 is 33.4 Å². The number of thiazole rings is 1. The van der Waals surface area contributed by atoms with Gasteiger partial charge in [-0.1, -0.05) is 6.07 Å². The number of methoxy groups -OCH3 is 1. The molecular weight excluding hydrogens is 534 g/mol. The average Bonchev–Trinajstić information content (AvgIpc) is 3.43. The zero-order valence-electron chi connectivity index (χ0n) is 22.3. The summed E-state index contributed by atoms with van der Waals surface area (Å²) >= 11 is 1.57. The summed E-state index contributed by atoms with van der Waals surface area (Å²) in [6, 6.07) is 18.0. The normalized spacial score (nSPS) is 16.5. The minimum absolute atomic E-state index is 0.0207. The monoisotopic (exact) mass is 563 g/mol. The summed E-state index contributed by atoms with van der Waals surface area (Å²) in [5, 5.41) is 0.837. The van der Waals surface area contributed by atoms with Gasteiger partial charge in [0.25, 0.3) is 5.91 Å². The molecule has 1 unspecified atom stereocenters. The Hall–Kier alpha value is -3.60. The van der Waals surface area contributed by atoms with E-state index in [1.807, 2.05) is 31.2 Å². The molecule has 2 heterocycles. The molecule has 0 radical (unpaired) electrons. The highest BCUT2D eigenvalue weighted by Gasteiger charge is 2.50. The lowest BCUT2D eigenvalue weighted by atomic mass is 10.1. The maximum absolute atomic E-state index is 13.8. The standard InChI is InChI=1S/C29H29N3O5S2/c1-18-6-15-23-25(16-18)38-27(30-23)19-7-9-20(10-8-19)31-26(33)17-24(28(31)34)32(29(2,3)4)39(35,36)22-13-11-21(37-5)12-14-22/h6-16,24H,17H2,1-5H3. The van der Waals surface area contributed by atoms with Crippen molar-refractivity contribution in [1.29, 1.82) is 0 Å². The van der Waals surface area contributed by atoms with E-state index in [2.05, 4.69) is 6.07 Å². The van der Waals surface area contributed by atoms with Crippen molar-refractivity contribution in [1.82, 2.24) is 9.29 Å². The molecule has 0 N–H and O–H groups in total. The SMILES string of the molecule is COc1ccc(S(=O)(=O)N(C2CC(=O)N(c3ccc(-c4nc5ccc(C)cc5s4)cc3)C2=O)C(C)(C)C)cc1. The number of aryl methyl sites for hydroxylation is 1. The van der Waals surface area contributed by atoms with Gasteiger partial charge in [0.15, 0.2) is 0 Å². The maximum Gasteiger partial charge on any atom is 0.252 e. The van der Waals surface area contributed by atoms with Crippen LogP contribution in [-0.2, 0) is 19.6 Å². The lowest BCUT2D eigenvalue weighted by molar-refractivity contribution is -0.122. The number of nitrogens with zero attached hydrogens (tertiary/aromatic N) is 3. The smallest absolute Gasteiger partial charge is 0.252 e. The van der Waals surface area contributed by atoms with E-state index in [1.54, 1.807) is 56.4 Å². The van der Waals surface area contributed by atoms with Crippen LogP contribution in [0.25, 0.3) is 20.8 Å². The molecule has 1 saturated heterocycles. The number of anilines is 1. The van der Waals surface area contributed by atoms with E-state index in [-0.39, 0.29) is 11.3 Å². The number of fused-ring (bicyclic) bond motifs is 1. The van der Waals surface area contributed by atoms with Crippen molar-refractivity contribution in [2.24, 2.45) is 0 Å². The number of benzene rings is 3. The number of hydrogen-bond donors (Lipinski definition) is 0. The number of ether oxygens (including phenoxy) is 1. The van der Waals surface area contributed by atoms with Gasteiger partial charge in [0.05, 0.1) is 34.3 Å². The maximum atomic E-state index is 13.8. The highest BCUT2D eigenvalue weighted by atomic mass is 32.2. The molecule has 8 nitrogen and oxygen atoms in total. The van der Waals surface area contributed by atoms with Gasteiger partial charge < -0.3 is 4.74 Å². The van der Waals surface area contributed by atoms with Gasteiger partial charge in [0.2, 0.25) is 15.9 Å². The highest BCUT2D eigenvalue weighted by molar-refractivity contribution is 7.89. The Balaban J connectivity index is 1.45. The minimum Gasteiger partial charge on any atom is -0.497 e. The Bertz CT molecular complexity index is 1670. The van der Waals surface area contributed by atoms with E-state index in [9.17, 15) is 18.0 Å². The second kappa shape index (κ2) is 9.86. The van der Waals surface area contributed by atoms with Crippen LogP contribution in [0.15, 0.2) is 71.6 Å². The molecule has 1 fully saturated rings. The van der Waals surface area contributed by atoms with Crippen molar-refractivity contribution >= 4 is 49.1 Å². The molecule has 1 atom stereocenters. The molecule has 0 aliphatic carbocycles. The summed E-state index contributed by atoms with van der Waals surface area (Å²) in [7, 11) is -2.62. The third-order valence-corrected chi connectivity index (χ3v) is 9.85. The Morgan fingerprint density at radius 3 is 2.28 bits per heavy atom. The van der Waals surface area contributed by atoms with Gasteiger partial charge in [-0.15, -0.1) is 11.3 Å². The van der Waals surface area contributed by atoms with Crippen LogP contribution in [0, 0.1) is 6.92 Å². The van der Waals surface area contributed by atoms with Crippen LogP contribution in [0.1, 0.15) is 32.8 Å². The zero-order valence-corrected chi connectivity index (χ0v) is 24.0. The Morgan fingerprint density at radius 1 is 1.00 bits per heavy atom. The van der Waals surface area contributed by atoms with Crippen LogP contribution in [0.5, 0.6) is 5.75 Å². The Kier molecular flexibility index (Phi) is 6.82. The lowest BCUT2D eigenvalue weighted by Crippen LogP contribution is -2.54. The quantitative estimate of drug-likeness (QED) is 0.292. The van der Waals surface area contributed by atoms with Gasteiger partial charge in [-0.25, -0.2) is 18.3 Å². The van der Waals surface area contributed by atoms with Gasteiger partial charge >= 0.3 is 0 Å². The van der Waals surface area contributed by atoms with Crippen LogP contribution < -0.4 is 9.64 Å². The van der Waals surface area contributed by atoms with Crippen LogP contribution >= 0.6 is 11.3 Å². The summed E-state index contributed by atoms with van der Waals surface area (Å²) in [5.74, 6) is -0.512. The second-order valence-electron chi connectivity index (χ2n) is 10.5. The number of imide groups is 1. The molecule has 202 valence electrons. The first-order chi connectivity index (χ1) is 18.4. The summed E-state index contributed by atoms with van der Waals surface area (Å²) in [6.07, 6.45) is -0.246. The molecule has 2 amide bonds. The second-order valence-corrected chi connectivity index (χ2v) is 13.3. The largest absolute Gasteiger partial charge is 0.497 e.